The molecule has 0 bridgehead atoms. The van der Waals surface area contributed by atoms with Crippen LogP contribution in [-0.2, 0) is 25.2 Å². The van der Waals surface area contributed by atoms with Crippen LogP contribution in [0, 0.1) is 5.92 Å². The molecule has 2 aromatic carbocycles. The van der Waals surface area contributed by atoms with Gasteiger partial charge in [0.25, 0.3) is 8.02 Å². The molecule has 1 unspecified atom stereocenters. The Morgan fingerprint density at radius 1 is 1.15 bits per heavy atom. The van der Waals surface area contributed by atoms with E-state index in [9.17, 15) is 34.6 Å². The zero-order valence-electron chi connectivity index (χ0n) is 25.8. The largest absolute Gasteiger partial charge is 0.626 e. The first-order valence-electron chi connectivity index (χ1n) is 15.1. The minimum Gasteiger partial charge on any atom is -0.626 e. The zero-order chi connectivity index (χ0) is 34.0. The molecule has 13 nitrogen and oxygen atoms in total. The number of ketones is 3. The van der Waals surface area contributed by atoms with Crippen LogP contribution < -0.4 is 14.7 Å². The average molecular weight is 714 g/mol. The number of hydrogen-bond acceptors (Lipinski definition) is 13. The van der Waals surface area contributed by atoms with Gasteiger partial charge in [0.2, 0.25) is 5.78 Å². The number of phenolic OH excluding ortho intramolecular Hbond substituents is 2. The molecule has 0 amide bonds. The maximum atomic E-state index is 13.9. The van der Waals surface area contributed by atoms with Crippen LogP contribution in [0.25, 0.3) is 0 Å². The summed E-state index contributed by atoms with van der Waals surface area (Å²) in [4.78, 5) is 54.1. The highest BCUT2D eigenvalue weighted by Crippen LogP contribution is 2.59. The lowest BCUT2D eigenvalue weighted by Crippen LogP contribution is -2.53. The number of aromatic hydroxyl groups is 2. The normalized spacial score (nSPS) is 31.3. The topological polar surface area (TPSA) is 187 Å². The lowest BCUT2D eigenvalue weighted by atomic mass is 9.72. The van der Waals surface area contributed by atoms with Gasteiger partial charge in [-0.3, -0.25) is 14.4 Å². The van der Waals surface area contributed by atoms with Crippen LogP contribution in [0.15, 0.2) is 18.2 Å². The quantitative estimate of drug-likeness (QED) is 0.144. The van der Waals surface area contributed by atoms with E-state index >= 15 is 0 Å². The number of methoxy groups -OCH3 is 1. The predicted molar refractivity (Wildman–Crippen MR) is 168 cm³/mol. The molecule has 6 rings (SSSR count). The Morgan fingerprint density at radius 2 is 1.83 bits per heavy atom. The molecule has 4 aliphatic rings. The van der Waals surface area contributed by atoms with Crippen molar-refractivity contribution in [2.75, 3.05) is 38.6 Å². The van der Waals surface area contributed by atoms with Gasteiger partial charge in [-0.1, -0.05) is 19.1 Å². The van der Waals surface area contributed by atoms with E-state index in [2.05, 4.69) is 5.09 Å². The summed E-state index contributed by atoms with van der Waals surface area (Å²) in [7, 11) is -2.21. The van der Waals surface area contributed by atoms with Crippen LogP contribution in [0.2, 0.25) is 0 Å². The van der Waals surface area contributed by atoms with Gasteiger partial charge in [-0.15, -0.1) is 33.0 Å². The van der Waals surface area contributed by atoms with E-state index in [0.29, 0.717) is 0 Å². The molecule has 2 saturated heterocycles. The molecule has 0 aromatic heterocycles. The molecular weight excluding hydrogens is 678 g/mol. The highest BCUT2D eigenvalue weighted by atomic mass is 35.5. The van der Waals surface area contributed by atoms with E-state index in [4.69, 9.17) is 41.9 Å². The van der Waals surface area contributed by atoms with Gasteiger partial charge in [-0.25, -0.2) is 0 Å². The Morgan fingerprint density at radius 3 is 2.47 bits per heavy atom. The lowest BCUT2D eigenvalue weighted by Gasteiger charge is -2.42. The van der Waals surface area contributed by atoms with Gasteiger partial charge in [0.05, 0.1) is 55.6 Å². The zero-order valence-corrected chi connectivity index (χ0v) is 28.2. The van der Waals surface area contributed by atoms with Crippen molar-refractivity contribution in [2.24, 2.45) is 5.92 Å². The summed E-state index contributed by atoms with van der Waals surface area (Å²) < 4.78 is 25.2. The molecule has 2 fully saturated rings. The van der Waals surface area contributed by atoms with Crippen LogP contribution in [0.5, 0.6) is 17.2 Å². The molecule has 4 N–H and O–H groups in total. The minimum absolute atomic E-state index is 0.0276. The maximum absolute atomic E-state index is 13.9. The van der Waals surface area contributed by atoms with Crippen LogP contribution in [0.3, 0.4) is 0 Å². The standard InChI is InChI=1S/C31H35Cl2N2O11P/c1-14-25-20(46-47(42,34-25)35(9-7-32)10-8-33)13-44-30(14)45-19-12-31(41,15(2)36)11-17-22(19)29(40)24-23(27(17)38)26(37)16-5-4-6-18(43-3)21(16)28(24)39/h4-6,14,19-20,25,30,38,40-41H,7-13H2,1-3H3,(H,34,42)/t14-,19+,20-,25+,30+,31+,47?/m1/s1. The third kappa shape index (κ3) is 5.54. The first kappa shape index (κ1) is 34.4. The molecule has 254 valence electrons. The first-order chi connectivity index (χ1) is 22.3. The molecule has 47 heavy (non-hydrogen) atoms. The molecular formula is C31H35Cl2N2O11P. The number of hydrogen-bond donors (Lipinski definition) is 4. The van der Waals surface area contributed by atoms with Crippen LogP contribution in [-0.4, -0.2) is 99.9 Å². The Balaban J connectivity index is 1.38. The number of rotatable bonds is 9. The minimum atomic E-state index is -3.54. The summed E-state index contributed by atoms with van der Waals surface area (Å²) in [6, 6.07) is 3.92. The highest BCUT2D eigenvalue weighted by Gasteiger charge is 2.57. The van der Waals surface area contributed by atoms with E-state index in [1.54, 1.807) is 11.6 Å². The van der Waals surface area contributed by atoms with Crippen molar-refractivity contribution in [2.45, 2.75) is 56.8 Å². The number of aliphatic hydroxyl groups is 1. The van der Waals surface area contributed by atoms with Crippen LogP contribution in [0.1, 0.15) is 69.3 Å². The van der Waals surface area contributed by atoms with E-state index in [0.717, 1.165) is 0 Å². The Bertz CT molecular complexity index is 1640. The van der Waals surface area contributed by atoms with Gasteiger partial charge in [0.1, 0.15) is 29.0 Å². The molecule has 0 spiro atoms. The van der Waals surface area contributed by atoms with Crippen molar-refractivity contribution in [1.82, 2.24) is 9.76 Å². The summed E-state index contributed by atoms with van der Waals surface area (Å²) >= 11 is 11.9. The van der Waals surface area contributed by atoms with Gasteiger partial charge in [-0.2, -0.15) is 4.52 Å². The number of Topliss-reactive ketones (excluding diaryl/α,β-unsaturated/α-hetero) is 1. The van der Waals surface area contributed by atoms with Crippen molar-refractivity contribution in [1.29, 1.82) is 0 Å². The molecule has 0 radical (unpaired) electrons. The third-order valence-electron chi connectivity index (χ3n) is 9.50. The summed E-state index contributed by atoms with van der Waals surface area (Å²) in [6.45, 7) is 3.45. The number of ether oxygens (including phenoxy) is 3. The van der Waals surface area contributed by atoms with Crippen molar-refractivity contribution in [3.63, 3.8) is 0 Å². The lowest BCUT2D eigenvalue weighted by molar-refractivity contribution is -0.244. The second kappa shape index (κ2) is 12.8. The van der Waals surface area contributed by atoms with E-state index in [-0.39, 0.29) is 65.9 Å². The summed E-state index contributed by atoms with van der Waals surface area (Å²) in [5.74, 6) is -3.39. The van der Waals surface area contributed by atoms with Gasteiger partial charge >= 0.3 is 0 Å². The van der Waals surface area contributed by atoms with E-state index < -0.39 is 90.5 Å². The number of carbonyl (C=O) groups excluding carboxylic acids is 3. The summed E-state index contributed by atoms with van der Waals surface area (Å²) in [6.07, 6.45) is -3.74. The smallest absolute Gasteiger partial charge is 0.251 e. The van der Waals surface area contributed by atoms with E-state index in [1.807, 2.05) is 0 Å². The summed E-state index contributed by atoms with van der Waals surface area (Å²) in [5, 5.41) is 37.9. The van der Waals surface area contributed by atoms with E-state index in [1.165, 1.54) is 32.2 Å². The molecule has 16 heteroatoms. The predicted octanol–water partition coefficient (Wildman–Crippen LogP) is 2.37. The molecule has 0 saturated carbocycles. The first-order valence-corrected chi connectivity index (χ1v) is 17.8. The highest BCUT2D eigenvalue weighted by molar-refractivity contribution is 7.60. The summed E-state index contributed by atoms with van der Waals surface area (Å²) in [5.41, 5.74) is -3.18. The Labute approximate surface area is 281 Å². The number of benzene rings is 2. The van der Waals surface area contributed by atoms with Gasteiger partial charge in [0.15, 0.2) is 17.9 Å². The number of carbonyl (C=O) groups is 3. The van der Waals surface area contributed by atoms with Gasteiger partial charge < -0.3 is 34.4 Å². The van der Waals surface area contributed by atoms with Crippen molar-refractivity contribution in [3.8, 4) is 17.2 Å². The number of halogens is 2. The average Bonchev–Trinajstić information content (AvgIpc) is 3.40. The number of nitrogens with one attached hydrogen (secondary N) is 1. The Hall–Kier alpha value is -2.42. The van der Waals surface area contributed by atoms with Crippen LogP contribution in [0.4, 0.5) is 0 Å². The molecule has 7 atom stereocenters. The van der Waals surface area contributed by atoms with Gasteiger partial charge in [-0.05, 0) is 13.0 Å². The molecule has 2 aliphatic heterocycles. The number of alkyl halides is 2. The van der Waals surface area contributed by atoms with Crippen LogP contribution >= 0.6 is 31.2 Å². The fourth-order valence-electron chi connectivity index (χ4n) is 7.00. The number of nitrogens with zero attached hydrogens (tertiary/aromatic N) is 1. The fourth-order valence-corrected chi connectivity index (χ4v) is 10.1. The molecule has 2 aromatic rings. The molecule has 2 aliphatic carbocycles. The second-order valence-electron chi connectivity index (χ2n) is 12.2. The number of fused-ring (bicyclic) bond motifs is 4. The second-order valence-corrected chi connectivity index (χ2v) is 15.0. The fraction of sp³-hybridized carbons (Fsp3) is 0.516. The third-order valence-corrected chi connectivity index (χ3v) is 12.2. The van der Waals surface area contributed by atoms with Gasteiger partial charge in [0, 0.05) is 47.2 Å². The SMILES string of the molecule is COc1cccc2c1C(=O)c1c(O)c3c(c(O)c1C2=O)C[C@@](O)(C(C)=O)C[C@@H]3O[C@@H]1OC[C@H]2O[P+]([O-])(N(CCCl)CCCl)N[C@H]2[C@H]1C. The monoisotopic (exact) mass is 712 g/mol. The number of phenols is 2. The van der Waals surface area contributed by atoms with Crippen molar-refractivity contribution < 1.29 is 53.3 Å². The van der Waals surface area contributed by atoms with Crippen molar-refractivity contribution >= 4 is 48.6 Å². The maximum Gasteiger partial charge on any atom is 0.251 e. The molecule has 2 heterocycles. The Kier molecular flexibility index (Phi) is 9.38. The van der Waals surface area contributed by atoms with Crippen molar-refractivity contribution in [3.05, 3.63) is 51.6 Å².